The number of nitrogens with one attached hydrogen (secondary N) is 5. The van der Waals surface area contributed by atoms with Gasteiger partial charge in [0.15, 0.2) is 0 Å². The Bertz CT molecular complexity index is 2450. The highest BCUT2D eigenvalue weighted by molar-refractivity contribution is 5.96. The van der Waals surface area contributed by atoms with E-state index in [9.17, 15) is 19.2 Å². The molecule has 0 radical (unpaired) electrons. The highest BCUT2D eigenvalue weighted by atomic mass is 16.5. The number of carbonyl (C=O) groups is 4. The number of imidazole rings is 2. The van der Waals surface area contributed by atoms with Crippen molar-refractivity contribution >= 4 is 34.9 Å². The molecule has 8 rings (SSSR count). The van der Waals surface area contributed by atoms with Crippen LogP contribution in [-0.4, -0.2) is 98.1 Å². The first-order chi connectivity index (χ1) is 29.4. The molecule has 5 atom stereocenters. The molecule has 6 heterocycles. The highest BCUT2D eigenvalue weighted by Gasteiger charge is 2.39. The number of methoxy groups -OCH3 is 2. The lowest BCUT2D eigenvalue weighted by atomic mass is 9.94. The predicted octanol–water partition coefficient (Wildman–Crippen LogP) is 7.55. The lowest BCUT2D eigenvalue weighted by molar-refractivity contribution is -0.136. The number of nitrogens with zero attached hydrogens (tertiary/aromatic N) is 4. The molecule has 61 heavy (non-hydrogen) atoms. The zero-order valence-corrected chi connectivity index (χ0v) is 35.8. The first kappa shape index (κ1) is 41.4. The van der Waals surface area contributed by atoms with Gasteiger partial charge in [0.2, 0.25) is 11.8 Å². The number of hydrogen-bond donors (Lipinski definition) is 5. The second-order valence-electron chi connectivity index (χ2n) is 16.9. The van der Waals surface area contributed by atoms with Crippen LogP contribution in [0.5, 0.6) is 5.75 Å². The van der Waals surface area contributed by atoms with E-state index < -0.39 is 24.3 Å². The summed E-state index contributed by atoms with van der Waals surface area (Å²) in [5.41, 5.74) is 7.60. The molecule has 2 aromatic carbocycles. The van der Waals surface area contributed by atoms with Gasteiger partial charge in [0.1, 0.15) is 35.6 Å². The number of rotatable bonds is 11. The van der Waals surface area contributed by atoms with E-state index in [1.807, 2.05) is 49.8 Å². The number of alkyl carbamates (subject to hydrolysis) is 2. The minimum atomic E-state index is -0.708. The Morgan fingerprint density at radius 3 is 1.80 bits per heavy atom. The molecule has 0 spiro atoms. The summed E-state index contributed by atoms with van der Waals surface area (Å²) in [5, 5.41) is 6.48. The molecule has 0 bridgehead atoms. The minimum absolute atomic E-state index is 0.120. The van der Waals surface area contributed by atoms with Gasteiger partial charge in [-0.2, -0.15) is 0 Å². The maximum Gasteiger partial charge on any atom is 0.407 e. The first-order valence-corrected chi connectivity index (χ1v) is 21.3. The van der Waals surface area contributed by atoms with Crippen molar-refractivity contribution in [3.63, 3.8) is 0 Å². The summed E-state index contributed by atoms with van der Waals surface area (Å²) in [4.78, 5) is 75.3. The monoisotopic (exact) mass is 833 g/mol. The molecule has 16 nitrogen and oxygen atoms in total. The number of amides is 4. The molecule has 16 heteroatoms. The Kier molecular flexibility index (Phi) is 11.5. The lowest BCUT2D eigenvalue weighted by Gasteiger charge is -2.30. The van der Waals surface area contributed by atoms with Crippen LogP contribution in [0.2, 0.25) is 0 Å². The highest BCUT2D eigenvalue weighted by Crippen LogP contribution is 2.48. The molecule has 0 aliphatic carbocycles. The summed E-state index contributed by atoms with van der Waals surface area (Å²) in [6, 6.07) is 10.6. The van der Waals surface area contributed by atoms with E-state index in [0.717, 1.165) is 88.1 Å². The van der Waals surface area contributed by atoms with Crippen molar-refractivity contribution < 1.29 is 33.4 Å². The van der Waals surface area contributed by atoms with Crippen molar-refractivity contribution in [3.05, 3.63) is 66.0 Å². The Balaban J connectivity index is 1.03. The van der Waals surface area contributed by atoms with E-state index in [1.165, 1.54) is 14.2 Å². The van der Waals surface area contributed by atoms with Gasteiger partial charge in [-0.05, 0) is 68.2 Å². The van der Waals surface area contributed by atoms with Gasteiger partial charge in [-0.15, -0.1) is 0 Å². The smallest absolute Gasteiger partial charge is 0.407 e. The van der Waals surface area contributed by atoms with Crippen LogP contribution in [0, 0.1) is 11.8 Å². The van der Waals surface area contributed by atoms with Gasteiger partial charge >= 0.3 is 12.2 Å². The van der Waals surface area contributed by atoms with Crippen LogP contribution < -0.4 is 15.4 Å². The minimum Gasteiger partial charge on any atom is -0.485 e. The molecule has 3 unspecified atom stereocenters. The van der Waals surface area contributed by atoms with Crippen LogP contribution in [0.15, 0.2) is 48.8 Å². The predicted molar refractivity (Wildman–Crippen MR) is 228 cm³/mol. The standard InChI is InChI=1S/C45H55N9O7/c1-8-34-36-28-19-25(30-21-46-40(49-30)32-11-9-17-53(32)42(55)37(23(2)3)51-44(57)59-6)14-16-29(28)48-39(36)27-15-13-26(20-35(27)61-34)31-22-47-41(50-31)33-12-10-18-54(33)43(56)38(24(4)5)52-45(58)60-7/h13-16,19-24,32-34,37-38,48H,8-12,17-18H2,1-7H3,(H,46,49)(H,47,50)(H,51,57)(H,52,58)/t32-,33-,34?,37?,38?/m0/s1. The number of fused-ring (bicyclic) bond motifs is 5. The fourth-order valence-corrected chi connectivity index (χ4v) is 9.11. The number of ether oxygens (including phenoxy) is 3. The maximum atomic E-state index is 13.7. The molecule has 5 N–H and O–H groups in total. The Labute approximate surface area is 354 Å². The summed E-state index contributed by atoms with van der Waals surface area (Å²) in [6.45, 7) is 10.9. The number of H-pyrrole nitrogens is 3. The summed E-state index contributed by atoms with van der Waals surface area (Å²) in [6.07, 6.45) is 6.09. The van der Waals surface area contributed by atoms with Crippen molar-refractivity contribution in [3.8, 4) is 39.5 Å². The van der Waals surface area contributed by atoms with E-state index in [2.05, 4.69) is 62.8 Å². The van der Waals surface area contributed by atoms with Gasteiger partial charge < -0.3 is 49.6 Å². The van der Waals surface area contributed by atoms with Crippen LogP contribution >= 0.6 is 0 Å². The van der Waals surface area contributed by atoms with Crippen LogP contribution in [0.25, 0.3) is 44.7 Å². The van der Waals surface area contributed by atoms with Crippen molar-refractivity contribution in [2.75, 3.05) is 27.3 Å². The van der Waals surface area contributed by atoms with Crippen LogP contribution in [0.4, 0.5) is 9.59 Å². The molecule has 3 aliphatic rings. The van der Waals surface area contributed by atoms with E-state index in [4.69, 9.17) is 24.2 Å². The number of hydrogen-bond acceptors (Lipinski definition) is 9. The molecule has 5 aromatic rings. The number of aromatic amines is 3. The van der Waals surface area contributed by atoms with Gasteiger partial charge in [0, 0.05) is 46.2 Å². The molecular formula is C45H55N9O7. The van der Waals surface area contributed by atoms with Gasteiger partial charge in [0.05, 0.1) is 55.8 Å². The molecule has 4 amide bonds. The van der Waals surface area contributed by atoms with Crippen molar-refractivity contribution in [1.82, 2.24) is 45.4 Å². The summed E-state index contributed by atoms with van der Waals surface area (Å²) >= 11 is 0. The van der Waals surface area contributed by atoms with Crippen LogP contribution in [0.3, 0.4) is 0 Å². The number of benzene rings is 2. The number of aromatic nitrogens is 5. The molecule has 2 fully saturated rings. The zero-order chi connectivity index (χ0) is 43.1. The third kappa shape index (κ3) is 7.79. The fraction of sp³-hybridized carbons (Fsp3) is 0.467. The molecule has 2 saturated heterocycles. The average molecular weight is 834 g/mol. The second-order valence-corrected chi connectivity index (χ2v) is 16.9. The Hall–Kier alpha value is -6.32. The normalized spacial score (nSPS) is 19.4. The molecule has 3 aromatic heterocycles. The van der Waals surface area contributed by atoms with Gasteiger partial charge in [-0.1, -0.05) is 46.8 Å². The quantitative estimate of drug-likeness (QED) is 0.0892. The van der Waals surface area contributed by atoms with Crippen molar-refractivity contribution in [1.29, 1.82) is 0 Å². The average Bonchev–Trinajstić information content (AvgIpc) is 4.12. The summed E-state index contributed by atoms with van der Waals surface area (Å²) < 4.78 is 16.3. The SMILES string of the molecule is CCC1Oc2cc(-c3cnc([C@@H]4CCCN4C(=O)C(NC(=O)OC)C(C)C)[nH]3)ccc2-c2[nH]c3ccc(-c4cnc([C@@H]5CCCN5C(=O)C(NC(=O)OC)C(C)C)[nH]4)cc3c21. The van der Waals surface area contributed by atoms with Gasteiger partial charge in [-0.3, -0.25) is 9.59 Å². The Morgan fingerprint density at radius 1 is 0.770 bits per heavy atom. The lowest BCUT2D eigenvalue weighted by Crippen LogP contribution is -2.51. The third-order valence-corrected chi connectivity index (χ3v) is 12.4. The number of carbonyl (C=O) groups excluding carboxylic acids is 4. The van der Waals surface area contributed by atoms with E-state index in [0.29, 0.717) is 24.7 Å². The van der Waals surface area contributed by atoms with Gasteiger partial charge in [0.25, 0.3) is 0 Å². The van der Waals surface area contributed by atoms with Crippen LogP contribution in [0.1, 0.15) is 102 Å². The molecule has 0 saturated carbocycles. The topological polar surface area (TPSA) is 200 Å². The number of likely N-dealkylation sites (tertiary alicyclic amines) is 2. The molecular weight excluding hydrogens is 779 g/mol. The second kappa shape index (κ2) is 17.0. The maximum absolute atomic E-state index is 13.7. The van der Waals surface area contributed by atoms with Crippen molar-refractivity contribution in [2.24, 2.45) is 11.8 Å². The summed E-state index contributed by atoms with van der Waals surface area (Å²) in [7, 11) is 2.58. The van der Waals surface area contributed by atoms with E-state index >= 15 is 0 Å². The largest absolute Gasteiger partial charge is 0.485 e. The third-order valence-electron chi connectivity index (χ3n) is 12.4. The van der Waals surface area contributed by atoms with Crippen molar-refractivity contribution in [2.45, 2.75) is 97.0 Å². The van der Waals surface area contributed by atoms with E-state index in [1.54, 1.807) is 6.20 Å². The van der Waals surface area contributed by atoms with Gasteiger partial charge in [-0.25, -0.2) is 19.6 Å². The van der Waals surface area contributed by atoms with E-state index in [-0.39, 0.29) is 41.8 Å². The first-order valence-electron chi connectivity index (χ1n) is 21.3. The zero-order valence-electron chi connectivity index (χ0n) is 35.8. The summed E-state index contributed by atoms with van der Waals surface area (Å²) in [5.74, 6) is 1.63. The Morgan fingerprint density at radius 2 is 1.30 bits per heavy atom. The fourth-order valence-electron chi connectivity index (χ4n) is 9.11. The molecule has 322 valence electrons. The van der Waals surface area contributed by atoms with Crippen LogP contribution in [-0.2, 0) is 19.1 Å². The molecule has 3 aliphatic heterocycles.